The molecule has 23 heavy (non-hydrogen) atoms. The number of sulfonamides is 1. The monoisotopic (exact) mass is 340 g/mol. The molecule has 0 spiro atoms. The van der Waals surface area contributed by atoms with Crippen LogP contribution in [-0.4, -0.2) is 52.1 Å². The second kappa shape index (κ2) is 7.42. The van der Waals surface area contributed by atoms with Crippen LogP contribution in [0.15, 0.2) is 23.1 Å². The number of methoxy groups -OCH3 is 1. The molecule has 0 atom stereocenters. The van der Waals surface area contributed by atoms with Crippen molar-refractivity contribution in [3.63, 3.8) is 0 Å². The zero-order chi connectivity index (χ0) is 17.0. The number of aryl methyl sites for hydroxylation is 2. The van der Waals surface area contributed by atoms with Crippen molar-refractivity contribution in [3.8, 4) is 0 Å². The van der Waals surface area contributed by atoms with Crippen molar-refractivity contribution in [1.82, 2.24) is 9.62 Å². The minimum atomic E-state index is -3.53. The third-order valence-corrected chi connectivity index (χ3v) is 5.74. The number of benzene rings is 1. The Labute approximate surface area is 137 Å². The Kier molecular flexibility index (Phi) is 5.78. The van der Waals surface area contributed by atoms with Gasteiger partial charge in [0.1, 0.15) is 6.61 Å². The second-order valence-corrected chi connectivity index (χ2v) is 7.67. The summed E-state index contributed by atoms with van der Waals surface area (Å²) in [6, 6.07) is 4.99. The third-order valence-electron chi connectivity index (χ3n) is 4.23. The van der Waals surface area contributed by atoms with E-state index < -0.39 is 10.0 Å². The van der Waals surface area contributed by atoms with Crippen LogP contribution in [0.4, 0.5) is 0 Å². The highest BCUT2D eigenvalue weighted by Crippen LogP contribution is 2.17. The van der Waals surface area contributed by atoms with Gasteiger partial charge in [0.15, 0.2) is 0 Å². The van der Waals surface area contributed by atoms with E-state index in [1.807, 2.05) is 19.9 Å². The maximum Gasteiger partial charge on any atom is 0.248 e. The molecule has 0 radical (unpaired) electrons. The zero-order valence-corrected chi connectivity index (χ0v) is 14.6. The number of rotatable bonds is 5. The van der Waals surface area contributed by atoms with Crippen molar-refractivity contribution in [2.45, 2.75) is 37.6 Å². The lowest BCUT2D eigenvalue weighted by molar-refractivity contribution is -0.136. The first kappa shape index (κ1) is 17.9. The van der Waals surface area contributed by atoms with Crippen molar-refractivity contribution in [3.05, 3.63) is 29.3 Å². The van der Waals surface area contributed by atoms with Gasteiger partial charge in [-0.15, -0.1) is 0 Å². The number of carbonyl (C=O) groups is 1. The Morgan fingerprint density at radius 2 is 1.91 bits per heavy atom. The van der Waals surface area contributed by atoms with Crippen LogP contribution >= 0.6 is 0 Å². The molecule has 1 heterocycles. The summed E-state index contributed by atoms with van der Waals surface area (Å²) < 4.78 is 32.5. The van der Waals surface area contributed by atoms with Gasteiger partial charge in [-0.05, 0) is 49.9 Å². The molecule has 1 saturated heterocycles. The average Bonchev–Trinajstić information content (AvgIpc) is 2.50. The molecule has 128 valence electrons. The summed E-state index contributed by atoms with van der Waals surface area (Å²) in [5.41, 5.74) is 2.02. The van der Waals surface area contributed by atoms with Crippen molar-refractivity contribution >= 4 is 15.9 Å². The number of hydrogen-bond acceptors (Lipinski definition) is 4. The molecule has 0 aliphatic carbocycles. The predicted molar refractivity (Wildman–Crippen MR) is 87.7 cm³/mol. The summed E-state index contributed by atoms with van der Waals surface area (Å²) >= 11 is 0. The number of piperidine rings is 1. The van der Waals surface area contributed by atoms with Gasteiger partial charge in [0.25, 0.3) is 0 Å². The molecule has 0 aromatic heterocycles. The lowest BCUT2D eigenvalue weighted by Gasteiger charge is -2.32. The van der Waals surface area contributed by atoms with E-state index in [-0.39, 0.29) is 18.6 Å². The molecule has 1 aliphatic rings. The van der Waals surface area contributed by atoms with Gasteiger partial charge in [-0.3, -0.25) is 4.79 Å². The highest BCUT2D eigenvalue weighted by Gasteiger charge is 2.26. The van der Waals surface area contributed by atoms with Crippen molar-refractivity contribution < 1.29 is 17.9 Å². The number of ether oxygens (including phenoxy) is 1. The largest absolute Gasteiger partial charge is 0.375 e. The molecule has 1 aromatic carbocycles. The Morgan fingerprint density at radius 1 is 1.26 bits per heavy atom. The molecule has 1 fully saturated rings. The van der Waals surface area contributed by atoms with Gasteiger partial charge in [0.05, 0.1) is 4.90 Å². The van der Waals surface area contributed by atoms with Crippen molar-refractivity contribution in [2.24, 2.45) is 0 Å². The number of carbonyl (C=O) groups excluding carboxylic acids is 1. The molecule has 1 aromatic rings. The average molecular weight is 340 g/mol. The highest BCUT2D eigenvalue weighted by atomic mass is 32.2. The SMILES string of the molecule is COCC(=O)N1CCC(NS(=O)(=O)c2ccc(C)c(C)c2)CC1. The quantitative estimate of drug-likeness (QED) is 0.874. The topological polar surface area (TPSA) is 75.7 Å². The van der Waals surface area contributed by atoms with Crippen LogP contribution in [0.1, 0.15) is 24.0 Å². The number of amides is 1. The molecule has 0 saturated carbocycles. The van der Waals surface area contributed by atoms with Crippen LogP contribution < -0.4 is 4.72 Å². The molecule has 2 rings (SSSR count). The van der Waals surface area contributed by atoms with E-state index in [2.05, 4.69) is 4.72 Å². The van der Waals surface area contributed by atoms with Crippen LogP contribution in [0, 0.1) is 13.8 Å². The zero-order valence-electron chi connectivity index (χ0n) is 13.8. The summed E-state index contributed by atoms with van der Waals surface area (Å²) in [6.07, 6.45) is 1.22. The maximum atomic E-state index is 12.5. The van der Waals surface area contributed by atoms with E-state index in [1.165, 1.54) is 7.11 Å². The van der Waals surface area contributed by atoms with E-state index in [0.29, 0.717) is 30.8 Å². The first-order chi connectivity index (χ1) is 10.8. The standard InChI is InChI=1S/C16H24N2O4S/c1-12-4-5-15(10-13(12)2)23(20,21)17-14-6-8-18(9-7-14)16(19)11-22-3/h4-5,10,14,17H,6-9,11H2,1-3H3. The van der Waals surface area contributed by atoms with E-state index >= 15 is 0 Å². The Bertz CT molecular complexity index is 665. The van der Waals surface area contributed by atoms with Gasteiger partial charge < -0.3 is 9.64 Å². The van der Waals surface area contributed by atoms with Crippen LogP contribution in [0.2, 0.25) is 0 Å². The normalized spacial score (nSPS) is 16.6. The molecule has 0 unspecified atom stereocenters. The number of hydrogen-bond donors (Lipinski definition) is 1. The molecule has 6 nitrogen and oxygen atoms in total. The van der Waals surface area contributed by atoms with E-state index in [4.69, 9.17) is 4.74 Å². The van der Waals surface area contributed by atoms with Crippen LogP contribution in [0.5, 0.6) is 0 Å². The minimum Gasteiger partial charge on any atom is -0.375 e. The fourth-order valence-corrected chi connectivity index (χ4v) is 4.02. The highest BCUT2D eigenvalue weighted by molar-refractivity contribution is 7.89. The lowest BCUT2D eigenvalue weighted by atomic mass is 10.1. The molecule has 0 bridgehead atoms. The summed E-state index contributed by atoms with van der Waals surface area (Å²) in [7, 11) is -2.04. The van der Waals surface area contributed by atoms with Crippen LogP contribution in [-0.2, 0) is 19.6 Å². The Morgan fingerprint density at radius 3 is 2.48 bits per heavy atom. The molecule has 1 amide bonds. The maximum absolute atomic E-state index is 12.5. The first-order valence-corrected chi connectivity index (χ1v) is 9.18. The Hall–Kier alpha value is -1.44. The van der Waals surface area contributed by atoms with Crippen LogP contribution in [0.25, 0.3) is 0 Å². The van der Waals surface area contributed by atoms with E-state index in [9.17, 15) is 13.2 Å². The van der Waals surface area contributed by atoms with Gasteiger partial charge in [0.2, 0.25) is 15.9 Å². The smallest absolute Gasteiger partial charge is 0.248 e. The van der Waals surface area contributed by atoms with Gasteiger partial charge >= 0.3 is 0 Å². The van der Waals surface area contributed by atoms with E-state index in [1.54, 1.807) is 17.0 Å². The number of nitrogens with one attached hydrogen (secondary N) is 1. The first-order valence-electron chi connectivity index (χ1n) is 7.70. The molecule has 1 N–H and O–H groups in total. The summed E-state index contributed by atoms with van der Waals surface area (Å²) in [5, 5.41) is 0. The summed E-state index contributed by atoms with van der Waals surface area (Å²) in [5.74, 6) is -0.0528. The Balaban J connectivity index is 1.97. The fraction of sp³-hybridized carbons (Fsp3) is 0.562. The molecule has 1 aliphatic heterocycles. The fourth-order valence-electron chi connectivity index (χ4n) is 2.63. The molecular formula is C16H24N2O4S. The molecular weight excluding hydrogens is 316 g/mol. The molecule has 7 heteroatoms. The van der Waals surface area contributed by atoms with Crippen molar-refractivity contribution in [1.29, 1.82) is 0 Å². The number of likely N-dealkylation sites (tertiary alicyclic amines) is 1. The number of nitrogens with zero attached hydrogens (tertiary/aromatic N) is 1. The van der Waals surface area contributed by atoms with Gasteiger partial charge in [0, 0.05) is 26.2 Å². The summed E-state index contributed by atoms with van der Waals surface area (Å²) in [6.45, 7) is 5.00. The minimum absolute atomic E-state index is 0.0528. The van der Waals surface area contributed by atoms with Crippen molar-refractivity contribution in [2.75, 3.05) is 26.8 Å². The van der Waals surface area contributed by atoms with E-state index in [0.717, 1.165) is 11.1 Å². The third kappa shape index (κ3) is 4.53. The predicted octanol–water partition coefficient (Wildman–Crippen LogP) is 1.22. The van der Waals surface area contributed by atoms with Gasteiger partial charge in [-0.25, -0.2) is 13.1 Å². The van der Waals surface area contributed by atoms with Crippen LogP contribution in [0.3, 0.4) is 0 Å². The second-order valence-electron chi connectivity index (χ2n) is 5.96. The lowest BCUT2D eigenvalue weighted by Crippen LogP contribution is -2.47. The summed E-state index contributed by atoms with van der Waals surface area (Å²) in [4.78, 5) is 13.7. The van der Waals surface area contributed by atoms with Gasteiger partial charge in [-0.1, -0.05) is 6.07 Å². The van der Waals surface area contributed by atoms with Gasteiger partial charge in [-0.2, -0.15) is 0 Å².